The van der Waals surface area contributed by atoms with Crippen LogP contribution in [0.5, 0.6) is 0 Å². The van der Waals surface area contributed by atoms with Crippen molar-refractivity contribution >= 4 is 5.91 Å². The maximum Gasteiger partial charge on any atom is 0.270 e. The fourth-order valence-corrected chi connectivity index (χ4v) is 1.37. The molecule has 82 valence electrons. The molecule has 5 nitrogen and oxygen atoms in total. The van der Waals surface area contributed by atoms with E-state index in [0.717, 1.165) is 11.3 Å². The fourth-order valence-electron chi connectivity index (χ4n) is 1.37. The average Bonchev–Trinajstić information content (AvgIpc) is 2.79. The number of aromatic nitrogens is 3. The smallest absolute Gasteiger partial charge is 0.270 e. The lowest BCUT2D eigenvalue weighted by molar-refractivity contribution is 0.0945. The Kier molecular flexibility index (Phi) is 2.95. The number of pyridine rings is 1. The van der Waals surface area contributed by atoms with Crippen LogP contribution >= 0.6 is 0 Å². The van der Waals surface area contributed by atoms with Crippen molar-refractivity contribution in [3.63, 3.8) is 0 Å². The highest BCUT2D eigenvalue weighted by molar-refractivity contribution is 5.93. The first-order chi connectivity index (χ1) is 7.77. The van der Waals surface area contributed by atoms with Gasteiger partial charge in [0.2, 0.25) is 0 Å². The van der Waals surface area contributed by atoms with Crippen LogP contribution in [0.15, 0.2) is 30.6 Å². The molecule has 16 heavy (non-hydrogen) atoms. The SMILES string of the molecule is Cc1cccnc1C(=O)NCc1ccn[nH]1. The zero-order valence-electron chi connectivity index (χ0n) is 8.90. The molecule has 0 saturated heterocycles. The Labute approximate surface area is 92.9 Å². The van der Waals surface area contributed by atoms with Crippen LogP contribution < -0.4 is 5.32 Å². The standard InChI is InChI=1S/C11H12N4O/c1-8-3-2-5-12-10(8)11(16)13-7-9-4-6-14-15-9/h2-6H,7H2,1H3,(H,13,16)(H,14,15). The third-order valence-corrected chi connectivity index (χ3v) is 2.22. The monoisotopic (exact) mass is 216 g/mol. The second-order valence-corrected chi connectivity index (χ2v) is 3.43. The number of aromatic amines is 1. The van der Waals surface area contributed by atoms with E-state index in [4.69, 9.17) is 0 Å². The fraction of sp³-hybridized carbons (Fsp3) is 0.182. The van der Waals surface area contributed by atoms with Gasteiger partial charge in [0.1, 0.15) is 5.69 Å². The summed E-state index contributed by atoms with van der Waals surface area (Å²) in [7, 11) is 0. The molecule has 1 amide bonds. The van der Waals surface area contributed by atoms with Crippen LogP contribution in [-0.4, -0.2) is 21.1 Å². The largest absolute Gasteiger partial charge is 0.345 e. The lowest BCUT2D eigenvalue weighted by atomic mass is 10.2. The molecule has 0 fully saturated rings. The van der Waals surface area contributed by atoms with Crippen molar-refractivity contribution in [1.82, 2.24) is 20.5 Å². The van der Waals surface area contributed by atoms with E-state index in [2.05, 4.69) is 20.5 Å². The maximum atomic E-state index is 11.8. The van der Waals surface area contributed by atoms with Crippen molar-refractivity contribution in [3.8, 4) is 0 Å². The lowest BCUT2D eigenvalue weighted by Crippen LogP contribution is -2.24. The van der Waals surface area contributed by atoms with Gasteiger partial charge in [-0.3, -0.25) is 14.9 Å². The van der Waals surface area contributed by atoms with E-state index < -0.39 is 0 Å². The highest BCUT2D eigenvalue weighted by atomic mass is 16.1. The predicted molar refractivity (Wildman–Crippen MR) is 58.7 cm³/mol. The molecule has 2 aromatic heterocycles. The second-order valence-electron chi connectivity index (χ2n) is 3.43. The maximum absolute atomic E-state index is 11.8. The minimum absolute atomic E-state index is 0.173. The number of amides is 1. The number of nitrogens with one attached hydrogen (secondary N) is 2. The molecule has 2 aromatic rings. The minimum atomic E-state index is -0.173. The first kappa shape index (κ1) is 10.4. The first-order valence-corrected chi connectivity index (χ1v) is 4.95. The van der Waals surface area contributed by atoms with Crippen LogP contribution in [0, 0.1) is 6.92 Å². The van der Waals surface area contributed by atoms with Crippen molar-refractivity contribution in [2.24, 2.45) is 0 Å². The van der Waals surface area contributed by atoms with Gasteiger partial charge in [0.25, 0.3) is 5.91 Å². The molecule has 0 aromatic carbocycles. The molecule has 0 aliphatic rings. The Balaban J connectivity index is 2.01. The molecule has 0 spiro atoms. The van der Waals surface area contributed by atoms with Crippen LogP contribution in [0.4, 0.5) is 0 Å². The number of H-pyrrole nitrogens is 1. The van der Waals surface area contributed by atoms with Gasteiger partial charge in [-0.1, -0.05) is 6.07 Å². The van der Waals surface area contributed by atoms with Gasteiger partial charge in [0, 0.05) is 12.4 Å². The normalized spacial score (nSPS) is 10.1. The van der Waals surface area contributed by atoms with Crippen molar-refractivity contribution < 1.29 is 4.79 Å². The van der Waals surface area contributed by atoms with Gasteiger partial charge in [0.05, 0.1) is 12.2 Å². The highest BCUT2D eigenvalue weighted by Gasteiger charge is 2.09. The molecule has 5 heteroatoms. The number of hydrogen-bond acceptors (Lipinski definition) is 3. The minimum Gasteiger partial charge on any atom is -0.345 e. The summed E-state index contributed by atoms with van der Waals surface area (Å²) < 4.78 is 0. The van der Waals surface area contributed by atoms with E-state index in [-0.39, 0.29) is 5.91 Å². The summed E-state index contributed by atoms with van der Waals surface area (Å²) in [6.07, 6.45) is 3.26. The van der Waals surface area contributed by atoms with Crippen molar-refractivity contribution in [2.45, 2.75) is 13.5 Å². The predicted octanol–water partition coefficient (Wildman–Crippen LogP) is 1.04. The van der Waals surface area contributed by atoms with Gasteiger partial charge >= 0.3 is 0 Å². The van der Waals surface area contributed by atoms with Crippen LogP contribution in [0.1, 0.15) is 21.7 Å². The Morgan fingerprint density at radius 1 is 1.44 bits per heavy atom. The molecule has 2 N–H and O–H groups in total. The van der Waals surface area contributed by atoms with Crippen molar-refractivity contribution in [1.29, 1.82) is 0 Å². The Morgan fingerprint density at radius 3 is 3.00 bits per heavy atom. The Hall–Kier alpha value is -2.17. The van der Waals surface area contributed by atoms with E-state index in [9.17, 15) is 4.79 Å². The van der Waals surface area contributed by atoms with Crippen LogP contribution in [-0.2, 0) is 6.54 Å². The Morgan fingerprint density at radius 2 is 2.31 bits per heavy atom. The van der Waals surface area contributed by atoms with Crippen LogP contribution in [0.3, 0.4) is 0 Å². The molecule has 0 saturated carbocycles. The summed E-state index contributed by atoms with van der Waals surface area (Å²) in [6.45, 7) is 2.28. The molecule has 2 heterocycles. The van der Waals surface area contributed by atoms with E-state index in [1.807, 2.05) is 19.1 Å². The average molecular weight is 216 g/mol. The quantitative estimate of drug-likeness (QED) is 0.805. The Bertz CT molecular complexity index is 478. The number of carbonyl (C=O) groups is 1. The van der Waals surface area contributed by atoms with Crippen LogP contribution in [0.2, 0.25) is 0 Å². The van der Waals surface area contributed by atoms with E-state index in [1.165, 1.54) is 0 Å². The number of hydrogen-bond donors (Lipinski definition) is 2. The number of aryl methyl sites for hydroxylation is 1. The van der Waals surface area contributed by atoms with Crippen molar-refractivity contribution in [2.75, 3.05) is 0 Å². The highest BCUT2D eigenvalue weighted by Crippen LogP contribution is 2.03. The molecular formula is C11H12N4O. The third kappa shape index (κ3) is 2.25. The number of nitrogens with zero attached hydrogens (tertiary/aromatic N) is 2. The second kappa shape index (κ2) is 4.57. The molecule has 0 radical (unpaired) electrons. The summed E-state index contributed by atoms with van der Waals surface area (Å²) in [6, 6.07) is 5.48. The van der Waals surface area contributed by atoms with E-state index >= 15 is 0 Å². The molecular weight excluding hydrogens is 204 g/mol. The molecule has 0 bridgehead atoms. The summed E-state index contributed by atoms with van der Waals surface area (Å²) in [5.41, 5.74) is 2.19. The molecule has 0 unspecified atom stereocenters. The summed E-state index contributed by atoms with van der Waals surface area (Å²) in [5, 5.41) is 9.34. The molecule has 2 rings (SSSR count). The lowest BCUT2D eigenvalue weighted by Gasteiger charge is -2.04. The number of carbonyl (C=O) groups excluding carboxylic acids is 1. The topological polar surface area (TPSA) is 70.7 Å². The summed E-state index contributed by atoms with van der Waals surface area (Å²) >= 11 is 0. The first-order valence-electron chi connectivity index (χ1n) is 4.95. The van der Waals surface area contributed by atoms with Gasteiger partial charge in [-0.15, -0.1) is 0 Å². The van der Waals surface area contributed by atoms with Gasteiger partial charge < -0.3 is 5.32 Å². The van der Waals surface area contributed by atoms with Gasteiger partial charge in [-0.05, 0) is 24.6 Å². The van der Waals surface area contributed by atoms with Crippen LogP contribution in [0.25, 0.3) is 0 Å². The van der Waals surface area contributed by atoms with Gasteiger partial charge in [-0.25, -0.2) is 0 Å². The zero-order valence-corrected chi connectivity index (χ0v) is 8.90. The van der Waals surface area contributed by atoms with E-state index in [1.54, 1.807) is 18.5 Å². The van der Waals surface area contributed by atoms with E-state index in [0.29, 0.717) is 12.2 Å². The third-order valence-electron chi connectivity index (χ3n) is 2.22. The number of rotatable bonds is 3. The zero-order chi connectivity index (χ0) is 11.4. The van der Waals surface area contributed by atoms with Crippen molar-refractivity contribution in [3.05, 3.63) is 47.5 Å². The molecule has 0 atom stereocenters. The molecule has 0 aliphatic carbocycles. The van der Waals surface area contributed by atoms with Gasteiger partial charge in [0.15, 0.2) is 0 Å². The van der Waals surface area contributed by atoms with Gasteiger partial charge in [-0.2, -0.15) is 5.10 Å². The summed E-state index contributed by atoms with van der Waals surface area (Å²) in [5.74, 6) is -0.173. The molecule has 0 aliphatic heterocycles. The summed E-state index contributed by atoms with van der Waals surface area (Å²) in [4.78, 5) is 15.8.